The van der Waals surface area contributed by atoms with Crippen molar-refractivity contribution in [3.63, 3.8) is 0 Å². The molecule has 8 heteroatoms. The molecule has 0 aromatic heterocycles. The van der Waals surface area contributed by atoms with Crippen molar-refractivity contribution in [2.75, 3.05) is 31.1 Å². The fraction of sp³-hybridized carbons (Fsp3) is 0.357. The van der Waals surface area contributed by atoms with Crippen molar-refractivity contribution < 1.29 is 14.3 Å². The lowest BCUT2D eigenvalue weighted by atomic mass is 9.92. The highest BCUT2D eigenvalue weighted by molar-refractivity contribution is 6.32. The largest absolute Gasteiger partial charge is 0.365 e. The maximum atomic E-state index is 13.8. The van der Waals surface area contributed by atoms with E-state index in [4.69, 9.17) is 27.9 Å². The van der Waals surface area contributed by atoms with Crippen molar-refractivity contribution in [1.29, 1.82) is 0 Å². The summed E-state index contributed by atoms with van der Waals surface area (Å²) in [5.41, 5.74) is 1.29. The normalized spacial score (nSPS) is 22.4. The second-order valence-corrected chi connectivity index (χ2v) is 10.4. The van der Waals surface area contributed by atoms with E-state index >= 15 is 0 Å². The van der Waals surface area contributed by atoms with Crippen LogP contribution in [0.15, 0.2) is 66.8 Å². The predicted molar refractivity (Wildman–Crippen MR) is 143 cm³/mol. The Bertz CT molecular complexity index is 1190. The van der Waals surface area contributed by atoms with Gasteiger partial charge in [0.2, 0.25) is 5.91 Å². The number of piperidine rings is 1. The lowest BCUT2D eigenvalue weighted by molar-refractivity contribution is -0.121. The molecule has 1 unspecified atom stereocenters. The van der Waals surface area contributed by atoms with Gasteiger partial charge in [-0.25, -0.2) is 0 Å². The lowest BCUT2D eigenvalue weighted by Gasteiger charge is -2.40. The molecule has 2 aromatic carbocycles. The molecule has 0 radical (unpaired) electrons. The Morgan fingerprint density at radius 1 is 1.06 bits per heavy atom. The molecule has 2 amide bonds. The molecule has 1 N–H and O–H groups in total. The van der Waals surface area contributed by atoms with Crippen LogP contribution in [0.3, 0.4) is 0 Å². The van der Waals surface area contributed by atoms with Crippen LogP contribution in [0.5, 0.6) is 0 Å². The molecule has 1 saturated heterocycles. The van der Waals surface area contributed by atoms with E-state index in [1.807, 2.05) is 24.3 Å². The van der Waals surface area contributed by atoms with Crippen LogP contribution in [0.1, 0.15) is 35.2 Å². The zero-order valence-electron chi connectivity index (χ0n) is 20.0. The third-order valence-corrected chi connectivity index (χ3v) is 7.57. The van der Waals surface area contributed by atoms with E-state index in [2.05, 4.69) is 17.5 Å². The van der Waals surface area contributed by atoms with E-state index in [-0.39, 0.29) is 31.0 Å². The molecule has 5 rings (SSSR count). The van der Waals surface area contributed by atoms with Crippen LogP contribution in [0.25, 0.3) is 0 Å². The number of allylic oxidation sites excluding steroid dienone is 2. The first-order valence-corrected chi connectivity index (χ1v) is 13.1. The number of fused-ring (bicyclic) bond motifs is 1. The standard InChI is InChI=1S/C28H29Cl2N3O3/c29-21-9-7-20(8-10-21)27(35)32-17-23-24(30)5-4-6-25(23)33(26(34)18-32)19-28(13-2-1-3-14-28)36-22-11-15-31-16-12-22/h1-10,13,22,31H,11-12,14-19H2. The van der Waals surface area contributed by atoms with Crippen molar-refractivity contribution in [3.8, 4) is 0 Å². The van der Waals surface area contributed by atoms with E-state index in [0.717, 1.165) is 37.2 Å². The van der Waals surface area contributed by atoms with Gasteiger partial charge in [0.25, 0.3) is 5.91 Å². The Kier molecular flexibility index (Phi) is 7.49. The van der Waals surface area contributed by atoms with Gasteiger partial charge >= 0.3 is 0 Å². The van der Waals surface area contributed by atoms with Gasteiger partial charge in [-0.05, 0) is 62.3 Å². The zero-order chi connectivity index (χ0) is 25.1. The van der Waals surface area contributed by atoms with E-state index in [9.17, 15) is 9.59 Å². The van der Waals surface area contributed by atoms with E-state index < -0.39 is 5.60 Å². The first-order chi connectivity index (χ1) is 17.4. The van der Waals surface area contributed by atoms with Crippen LogP contribution in [-0.2, 0) is 16.1 Å². The van der Waals surface area contributed by atoms with Gasteiger partial charge in [-0.3, -0.25) is 9.59 Å². The second kappa shape index (κ2) is 10.8. The van der Waals surface area contributed by atoms with Crippen molar-refractivity contribution >= 4 is 40.7 Å². The van der Waals surface area contributed by atoms with E-state index in [1.165, 1.54) is 0 Å². The number of carbonyl (C=O) groups is 2. The lowest BCUT2D eigenvalue weighted by Crippen LogP contribution is -2.51. The van der Waals surface area contributed by atoms with Gasteiger partial charge < -0.3 is 19.9 Å². The summed E-state index contributed by atoms with van der Waals surface area (Å²) < 4.78 is 6.71. The molecule has 1 fully saturated rings. The Labute approximate surface area is 221 Å². The molecule has 36 heavy (non-hydrogen) atoms. The van der Waals surface area contributed by atoms with Crippen molar-refractivity contribution in [2.24, 2.45) is 0 Å². The number of hydrogen-bond acceptors (Lipinski definition) is 4. The highest BCUT2D eigenvalue weighted by Crippen LogP contribution is 2.36. The second-order valence-electron chi connectivity index (χ2n) is 9.51. The van der Waals surface area contributed by atoms with Gasteiger partial charge in [-0.1, -0.05) is 53.6 Å². The smallest absolute Gasteiger partial charge is 0.254 e. The molecular formula is C28H29Cl2N3O3. The molecule has 6 nitrogen and oxygen atoms in total. The molecule has 188 valence electrons. The van der Waals surface area contributed by atoms with Crippen LogP contribution in [-0.4, -0.2) is 54.6 Å². The van der Waals surface area contributed by atoms with Crippen LogP contribution in [0.2, 0.25) is 10.0 Å². The van der Waals surface area contributed by atoms with Gasteiger partial charge in [0.1, 0.15) is 12.1 Å². The Hall–Kier alpha value is -2.64. The first kappa shape index (κ1) is 25.0. The minimum Gasteiger partial charge on any atom is -0.365 e. The summed E-state index contributed by atoms with van der Waals surface area (Å²) in [4.78, 5) is 30.4. The van der Waals surface area contributed by atoms with Gasteiger partial charge in [0, 0.05) is 27.6 Å². The third-order valence-electron chi connectivity index (χ3n) is 6.96. The molecule has 0 spiro atoms. The number of hydrogen-bond donors (Lipinski definition) is 1. The van der Waals surface area contributed by atoms with Crippen LogP contribution < -0.4 is 10.2 Å². The summed E-state index contributed by atoms with van der Waals surface area (Å²) in [5.74, 6) is -0.413. The number of halogens is 2. The van der Waals surface area contributed by atoms with Gasteiger partial charge in [0.05, 0.1) is 24.9 Å². The van der Waals surface area contributed by atoms with E-state index in [0.29, 0.717) is 28.6 Å². The summed E-state index contributed by atoms with van der Waals surface area (Å²) in [5, 5.41) is 4.45. The first-order valence-electron chi connectivity index (χ1n) is 12.3. The minimum atomic E-state index is -0.651. The average molecular weight is 526 g/mol. The Morgan fingerprint density at radius 3 is 2.56 bits per heavy atom. The molecule has 1 aliphatic carbocycles. The number of rotatable bonds is 5. The van der Waals surface area contributed by atoms with Crippen LogP contribution in [0, 0.1) is 0 Å². The van der Waals surface area contributed by atoms with Gasteiger partial charge in [-0.15, -0.1) is 0 Å². The number of carbonyl (C=O) groups excluding carboxylic acids is 2. The summed E-state index contributed by atoms with van der Waals surface area (Å²) >= 11 is 12.6. The quantitative estimate of drug-likeness (QED) is 0.596. The zero-order valence-corrected chi connectivity index (χ0v) is 21.5. The highest BCUT2D eigenvalue weighted by atomic mass is 35.5. The fourth-order valence-electron chi connectivity index (χ4n) is 5.08. The topological polar surface area (TPSA) is 61.9 Å². The maximum Gasteiger partial charge on any atom is 0.254 e. The number of nitrogens with one attached hydrogen (secondary N) is 1. The third kappa shape index (κ3) is 5.37. The summed E-state index contributed by atoms with van der Waals surface area (Å²) in [7, 11) is 0. The van der Waals surface area contributed by atoms with Gasteiger partial charge in [-0.2, -0.15) is 0 Å². The summed E-state index contributed by atoms with van der Waals surface area (Å²) in [6.07, 6.45) is 10.8. The average Bonchev–Trinajstić information content (AvgIpc) is 3.02. The Balaban J connectivity index is 1.46. The fourth-order valence-corrected chi connectivity index (χ4v) is 5.43. The molecule has 0 saturated carbocycles. The molecule has 3 aliphatic rings. The number of ether oxygens (including phenoxy) is 1. The molecule has 2 heterocycles. The van der Waals surface area contributed by atoms with Crippen molar-refractivity contribution in [2.45, 2.75) is 37.5 Å². The predicted octanol–water partition coefficient (Wildman–Crippen LogP) is 5.01. The highest BCUT2D eigenvalue weighted by Gasteiger charge is 2.39. The minimum absolute atomic E-state index is 0.0601. The number of nitrogens with zero attached hydrogens (tertiary/aromatic N) is 2. The van der Waals surface area contributed by atoms with Crippen LogP contribution in [0.4, 0.5) is 5.69 Å². The SMILES string of the molecule is O=C(c1ccc(Cl)cc1)N1CC(=O)N(CC2(OC3CCNCC3)C=CC=CC2)c2cccc(Cl)c2C1. The monoisotopic (exact) mass is 525 g/mol. The molecule has 0 bridgehead atoms. The van der Waals surface area contributed by atoms with Crippen LogP contribution >= 0.6 is 23.2 Å². The number of amides is 2. The Morgan fingerprint density at radius 2 is 1.83 bits per heavy atom. The van der Waals surface area contributed by atoms with Crippen molar-refractivity contribution in [1.82, 2.24) is 10.2 Å². The molecule has 1 atom stereocenters. The van der Waals surface area contributed by atoms with Crippen molar-refractivity contribution in [3.05, 3.63) is 87.9 Å². The maximum absolute atomic E-state index is 13.8. The number of benzene rings is 2. The van der Waals surface area contributed by atoms with E-state index in [1.54, 1.807) is 40.1 Å². The molecule has 2 aliphatic heterocycles. The molecule has 2 aromatic rings. The number of anilines is 1. The van der Waals surface area contributed by atoms with Gasteiger partial charge in [0.15, 0.2) is 0 Å². The summed E-state index contributed by atoms with van der Waals surface area (Å²) in [6, 6.07) is 12.2. The summed E-state index contributed by atoms with van der Waals surface area (Å²) in [6.45, 7) is 2.35. The molecular weight excluding hydrogens is 497 g/mol.